The van der Waals surface area contributed by atoms with Crippen LogP contribution in [-0.4, -0.2) is 36.0 Å². The Hall–Kier alpha value is -3.87. The van der Waals surface area contributed by atoms with Crippen molar-refractivity contribution in [2.45, 2.75) is 13.5 Å². The third kappa shape index (κ3) is 6.62. The van der Waals surface area contributed by atoms with Crippen LogP contribution in [0.4, 0.5) is 5.69 Å². The topological polar surface area (TPSA) is 133 Å². The van der Waals surface area contributed by atoms with Gasteiger partial charge in [0.1, 0.15) is 0 Å². The number of anilines is 1. The summed E-state index contributed by atoms with van der Waals surface area (Å²) in [7, 11) is -3.39. The highest BCUT2D eigenvalue weighted by Gasteiger charge is 2.15. The van der Waals surface area contributed by atoms with Gasteiger partial charge in [0.15, 0.2) is 0 Å². The third-order valence-corrected chi connectivity index (χ3v) is 6.39. The number of hydrogen-bond acceptors (Lipinski definition) is 8. The summed E-state index contributed by atoms with van der Waals surface area (Å²) in [5, 5.41) is 4.61. The number of aromatic nitrogens is 1. The van der Waals surface area contributed by atoms with E-state index in [2.05, 4.69) is 25.9 Å². The predicted molar refractivity (Wildman–Crippen MR) is 140 cm³/mol. The maximum Gasteiger partial charge on any atom is 0.267 e. The highest BCUT2D eigenvalue weighted by molar-refractivity contribution is 8.00. The van der Waals surface area contributed by atoms with E-state index < -0.39 is 10.0 Å². The molecular weight excluding hydrogens is 500 g/mol. The van der Waals surface area contributed by atoms with E-state index in [4.69, 9.17) is 0 Å². The van der Waals surface area contributed by atoms with E-state index in [0.717, 1.165) is 22.9 Å². The maximum atomic E-state index is 12.6. The molecule has 2 aromatic carbocycles. The number of hydrazine groups is 2. The Morgan fingerprint density at radius 2 is 1.86 bits per heavy atom. The van der Waals surface area contributed by atoms with Crippen LogP contribution in [0.1, 0.15) is 31.8 Å². The fourth-order valence-electron chi connectivity index (χ4n) is 3.41. The van der Waals surface area contributed by atoms with Gasteiger partial charge in [-0.25, -0.2) is 8.42 Å². The molecule has 0 fully saturated rings. The molecule has 0 saturated carbocycles. The lowest BCUT2D eigenvalue weighted by Crippen LogP contribution is -2.41. The van der Waals surface area contributed by atoms with E-state index in [-0.39, 0.29) is 18.4 Å². The first-order chi connectivity index (χ1) is 17.2. The van der Waals surface area contributed by atoms with Crippen molar-refractivity contribution < 1.29 is 18.0 Å². The quantitative estimate of drug-likeness (QED) is 0.331. The molecular formula is C24H24N6O4S2. The fourth-order valence-corrected chi connectivity index (χ4v) is 4.46. The minimum atomic E-state index is -3.39. The number of amides is 2. The number of benzene rings is 2. The number of rotatable bonds is 8. The van der Waals surface area contributed by atoms with Crippen molar-refractivity contribution in [3.05, 3.63) is 94.7 Å². The zero-order chi connectivity index (χ0) is 25.7. The van der Waals surface area contributed by atoms with Crippen molar-refractivity contribution in [2.75, 3.05) is 11.0 Å². The van der Waals surface area contributed by atoms with E-state index in [9.17, 15) is 18.0 Å². The Labute approximate surface area is 213 Å². The van der Waals surface area contributed by atoms with Gasteiger partial charge in [-0.1, -0.05) is 22.7 Å². The standard InChI is InChI=1S/C24H24N6O4S2/c1-16-6-7-18(24(32)28-30-27-10-11-35-30)13-21(16)22-9-8-19(15-25-22)23(31)26-14-17-4-3-5-20(12-17)29-36(2,33)34/h3-13,15,27,29H,14H2,1-2H3,(H,26,31)(H,28,32). The number of sulfonamides is 1. The SMILES string of the molecule is Cc1ccc(C(=O)NN2NC=CS2)cc1-c1ccc(C(=O)NCc2cccc(NS(C)(=O)=O)c2)cn1. The minimum Gasteiger partial charge on any atom is -0.348 e. The number of hydrogen-bond donors (Lipinski definition) is 4. The van der Waals surface area contributed by atoms with Crippen LogP contribution < -0.4 is 20.9 Å². The third-order valence-electron chi connectivity index (χ3n) is 5.11. The molecule has 0 radical (unpaired) electrons. The Morgan fingerprint density at radius 3 is 2.56 bits per heavy atom. The molecule has 0 atom stereocenters. The van der Waals surface area contributed by atoms with Crippen molar-refractivity contribution in [1.82, 2.24) is 25.7 Å². The molecule has 2 heterocycles. The van der Waals surface area contributed by atoms with Crippen LogP contribution in [0, 0.1) is 6.92 Å². The first-order valence-corrected chi connectivity index (χ1v) is 13.5. The Morgan fingerprint density at radius 1 is 1.06 bits per heavy atom. The second kappa shape index (κ2) is 10.8. The lowest BCUT2D eigenvalue weighted by molar-refractivity contribution is 0.0870. The van der Waals surface area contributed by atoms with Crippen molar-refractivity contribution in [2.24, 2.45) is 0 Å². The van der Waals surface area contributed by atoms with Crippen LogP contribution in [0.2, 0.25) is 0 Å². The molecule has 2 amide bonds. The van der Waals surface area contributed by atoms with E-state index in [1.165, 1.54) is 22.7 Å². The van der Waals surface area contributed by atoms with Gasteiger partial charge in [0.05, 0.1) is 17.5 Å². The number of carbonyl (C=O) groups excluding carboxylic acids is 2. The molecule has 10 nitrogen and oxygen atoms in total. The molecule has 0 spiro atoms. The monoisotopic (exact) mass is 524 g/mol. The first-order valence-electron chi connectivity index (χ1n) is 10.8. The molecule has 1 aliphatic heterocycles. The number of nitrogens with one attached hydrogen (secondary N) is 4. The Kier molecular flexibility index (Phi) is 7.58. The molecule has 36 heavy (non-hydrogen) atoms. The lowest BCUT2D eigenvalue weighted by atomic mass is 10.0. The van der Waals surface area contributed by atoms with Gasteiger partial charge < -0.3 is 5.32 Å². The molecule has 1 aliphatic rings. The Bertz CT molecular complexity index is 1420. The van der Waals surface area contributed by atoms with Crippen LogP contribution in [0.15, 0.2) is 72.4 Å². The predicted octanol–water partition coefficient (Wildman–Crippen LogP) is 2.94. The van der Waals surface area contributed by atoms with Gasteiger partial charge in [-0.3, -0.25) is 30.1 Å². The number of pyridine rings is 1. The van der Waals surface area contributed by atoms with Gasteiger partial charge in [-0.2, -0.15) is 0 Å². The molecule has 0 bridgehead atoms. The summed E-state index contributed by atoms with van der Waals surface area (Å²) in [6.45, 7) is 2.14. The largest absolute Gasteiger partial charge is 0.348 e. The van der Waals surface area contributed by atoms with Crippen molar-refractivity contribution in [3.63, 3.8) is 0 Å². The minimum absolute atomic E-state index is 0.218. The molecule has 3 aromatic rings. The second-order valence-electron chi connectivity index (χ2n) is 7.99. The van der Waals surface area contributed by atoms with Crippen LogP contribution in [0.25, 0.3) is 11.3 Å². The summed E-state index contributed by atoms with van der Waals surface area (Å²) in [6, 6.07) is 15.5. The normalized spacial score (nSPS) is 13.2. The molecule has 0 saturated heterocycles. The van der Waals surface area contributed by atoms with Gasteiger partial charge in [0.25, 0.3) is 11.8 Å². The molecule has 4 rings (SSSR count). The number of aryl methyl sites for hydroxylation is 1. The molecule has 1 aromatic heterocycles. The van der Waals surface area contributed by atoms with Crippen molar-refractivity contribution >= 4 is 39.5 Å². The fraction of sp³-hybridized carbons (Fsp3) is 0.125. The summed E-state index contributed by atoms with van der Waals surface area (Å²) < 4.78 is 26.7. The molecule has 12 heteroatoms. The van der Waals surface area contributed by atoms with Gasteiger partial charge in [0.2, 0.25) is 10.0 Å². The summed E-state index contributed by atoms with van der Waals surface area (Å²) in [4.78, 5) is 29.6. The van der Waals surface area contributed by atoms with Gasteiger partial charge in [-0.15, -0.1) is 0 Å². The zero-order valence-electron chi connectivity index (χ0n) is 19.5. The molecule has 186 valence electrons. The molecule has 0 unspecified atom stereocenters. The Balaban J connectivity index is 1.41. The molecule has 4 N–H and O–H groups in total. The zero-order valence-corrected chi connectivity index (χ0v) is 21.1. The average molecular weight is 525 g/mol. The van der Waals surface area contributed by atoms with Crippen LogP contribution >= 0.6 is 11.9 Å². The maximum absolute atomic E-state index is 12.6. The van der Waals surface area contributed by atoms with E-state index in [1.54, 1.807) is 60.1 Å². The number of nitrogens with zero attached hydrogens (tertiary/aromatic N) is 2. The highest BCUT2D eigenvalue weighted by Crippen LogP contribution is 2.24. The molecule has 0 aliphatic carbocycles. The smallest absolute Gasteiger partial charge is 0.267 e. The average Bonchev–Trinajstić information content (AvgIpc) is 3.35. The van der Waals surface area contributed by atoms with Gasteiger partial charge in [-0.05, 0) is 66.4 Å². The highest BCUT2D eigenvalue weighted by atomic mass is 32.2. The van der Waals surface area contributed by atoms with E-state index in [1.807, 2.05) is 13.0 Å². The van der Waals surface area contributed by atoms with Crippen LogP contribution in [0.5, 0.6) is 0 Å². The summed E-state index contributed by atoms with van der Waals surface area (Å²) >= 11 is 1.31. The summed E-state index contributed by atoms with van der Waals surface area (Å²) in [5.74, 6) is -0.587. The summed E-state index contributed by atoms with van der Waals surface area (Å²) in [5.41, 5.74) is 9.98. The second-order valence-corrected chi connectivity index (χ2v) is 10.6. The van der Waals surface area contributed by atoms with Gasteiger partial charge in [0, 0.05) is 41.2 Å². The van der Waals surface area contributed by atoms with Crippen LogP contribution in [-0.2, 0) is 16.6 Å². The van der Waals surface area contributed by atoms with Gasteiger partial charge >= 0.3 is 0 Å². The lowest BCUT2D eigenvalue weighted by Gasteiger charge is -2.16. The first kappa shape index (κ1) is 25.2. The number of carbonyl (C=O) groups is 2. The summed E-state index contributed by atoms with van der Waals surface area (Å²) in [6.07, 6.45) is 4.27. The van der Waals surface area contributed by atoms with E-state index in [0.29, 0.717) is 22.5 Å². The van der Waals surface area contributed by atoms with Crippen molar-refractivity contribution in [1.29, 1.82) is 0 Å². The van der Waals surface area contributed by atoms with Crippen LogP contribution in [0.3, 0.4) is 0 Å². The van der Waals surface area contributed by atoms with E-state index >= 15 is 0 Å². The van der Waals surface area contributed by atoms with Crippen molar-refractivity contribution in [3.8, 4) is 11.3 Å².